The first kappa shape index (κ1) is 37.5. The fraction of sp³-hybridized carbons (Fsp3) is 0.842. The quantitative estimate of drug-likeness (QED) is 0.133. The molecule has 4 unspecified atom stereocenters. The van der Waals surface area contributed by atoms with E-state index < -0.39 is 0 Å². The predicted molar refractivity (Wildman–Crippen MR) is 187 cm³/mol. The molecule has 5 rings (SSSR count). The van der Waals surface area contributed by atoms with Gasteiger partial charge in [-0.1, -0.05) is 26.7 Å². The molecule has 48 heavy (non-hydrogen) atoms. The van der Waals surface area contributed by atoms with Crippen LogP contribution in [0.4, 0.5) is 0 Å². The van der Waals surface area contributed by atoms with Crippen LogP contribution in [0.5, 0.6) is 0 Å². The van der Waals surface area contributed by atoms with Crippen LogP contribution < -0.4 is 10.6 Å². The molecular formula is C38H60N2O7S. The average Bonchev–Trinajstić information content (AvgIpc) is 3.73. The SMILES string of the molecule is CC(=O)C1CCC2C3CCC4=C(SCCC(=O)NCOCCOCCOCCCNC(=O)C5CCCC5)C(=O)CC[C@]4(C)C3CC[C@]12C. The van der Waals surface area contributed by atoms with Gasteiger partial charge in [-0.25, -0.2) is 0 Å². The standard InChI is InChI=1S/C38H60N2O7S/c1-26(41)29-11-12-30-28-9-10-32-35(33(42)14-17-38(32,3)31(28)13-16-37(29,30)2)48-24-15-34(43)40-25-47-23-22-46-21-20-45-19-6-18-39-36(44)27-7-4-5-8-27/h27-31H,4-25H2,1-3H3,(H,39,44)(H,40,43)/t28?,29?,30?,31?,37-,38-/m1/s1. The highest BCUT2D eigenvalue weighted by atomic mass is 32.2. The van der Waals surface area contributed by atoms with Crippen LogP contribution in [-0.4, -0.2) is 75.4 Å². The molecule has 4 saturated carbocycles. The second kappa shape index (κ2) is 17.5. The fourth-order valence-electron chi connectivity index (χ4n) is 10.2. The summed E-state index contributed by atoms with van der Waals surface area (Å²) in [7, 11) is 0. The Hall–Kier alpha value is -1.75. The van der Waals surface area contributed by atoms with Gasteiger partial charge in [-0.3, -0.25) is 19.2 Å². The minimum Gasteiger partial charge on any atom is -0.379 e. The summed E-state index contributed by atoms with van der Waals surface area (Å²) in [6, 6.07) is 0. The number of Topliss-reactive ketones (excluding diaryl/α,β-unsaturated/α-hetero) is 2. The zero-order valence-electron chi connectivity index (χ0n) is 29.7. The van der Waals surface area contributed by atoms with Crippen LogP contribution in [0.2, 0.25) is 0 Å². The molecule has 0 saturated heterocycles. The first-order chi connectivity index (χ1) is 23.1. The lowest BCUT2D eigenvalue weighted by Gasteiger charge is -2.58. The number of ketones is 2. The van der Waals surface area contributed by atoms with Crippen molar-refractivity contribution in [3.8, 4) is 0 Å². The van der Waals surface area contributed by atoms with Crippen molar-refractivity contribution in [3.63, 3.8) is 0 Å². The molecule has 4 fully saturated rings. The largest absolute Gasteiger partial charge is 0.379 e. The molecule has 10 heteroatoms. The highest BCUT2D eigenvalue weighted by molar-refractivity contribution is 8.04. The Labute approximate surface area is 292 Å². The maximum absolute atomic E-state index is 13.2. The van der Waals surface area contributed by atoms with Crippen LogP contribution in [0.3, 0.4) is 0 Å². The molecule has 0 bridgehead atoms. The van der Waals surface area contributed by atoms with E-state index in [1.54, 1.807) is 18.7 Å². The third-order valence-corrected chi connectivity index (χ3v) is 13.9. The summed E-state index contributed by atoms with van der Waals surface area (Å²) in [5.74, 6) is 3.57. The Balaban J connectivity index is 0.930. The van der Waals surface area contributed by atoms with E-state index in [-0.39, 0.29) is 47.0 Å². The van der Waals surface area contributed by atoms with E-state index in [1.807, 2.05) is 0 Å². The number of rotatable bonds is 18. The molecule has 270 valence electrons. The Bertz CT molecular complexity index is 1190. The maximum Gasteiger partial charge on any atom is 0.223 e. The number of amides is 2. The molecule has 0 heterocycles. The second-order valence-corrected chi connectivity index (χ2v) is 16.6. The van der Waals surface area contributed by atoms with Gasteiger partial charge in [0.2, 0.25) is 11.8 Å². The van der Waals surface area contributed by atoms with Crippen LogP contribution in [0, 0.1) is 40.4 Å². The Kier molecular flexibility index (Phi) is 13.6. The van der Waals surface area contributed by atoms with Crippen molar-refractivity contribution in [3.05, 3.63) is 10.5 Å². The summed E-state index contributed by atoms with van der Waals surface area (Å²) < 4.78 is 16.6. The van der Waals surface area contributed by atoms with Crippen molar-refractivity contribution in [2.45, 2.75) is 111 Å². The molecule has 0 spiro atoms. The van der Waals surface area contributed by atoms with Crippen molar-refractivity contribution in [2.75, 3.05) is 52.1 Å². The zero-order chi connectivity index (χ0) is 34.1. The van der Waals surface area contributed by atoms with Crippen molar-refractivity contribution in [1.82, 2.24) is 10.6 Å². The van der Waals surface area contributed by atoms with Crippen LogP contribution in [0.15, 0.2) is 10.5 Å². The van der Waals surface area contributed by atoms with E-state index in [0.29, 0.717) is 81.7 Å². The van der Waals surface area contributed by atoms with Gasteiger partial charge in [0.05, 0.1) is 31.3 Å². The number of hydrogen-bond donors (Lipinski definition) is 2. The van der Waals surface area contributed by atoms with Gasteiger partial charge in [0, 0.05) is 43.6 Å². The predicted octanol–water partition coefficient (Wildman–Crippen LogP) is 5.99. The Morgan fingerprint density at radius 3 is 2.31 bits per heavy atom. The van der Waals surface area contributed by atoms with Crippen molar-refractivity contribution >= 4 is 35.1 Å². The minimum absolute atomic E-state index is 0.0480. The van der Waals surface area contributed by atoms with Crippen molar-refractivity contribution in [2.24, 2.45) is 40.4 Å². The van der Waals surface area contributed by atoms with Gasteiger partial charge in [0.15, 0.2) is 5.78 Å². The van der Waals surface area contributed by atoms with E-state index in [2.05, 4.69) is 24.5 Å². The third-order valence-electron chi connectivity index (χ3n) is 12.7. The van der Waals surface area contributed by atoms with Crippen LogP contribution in [0.1, 0.15) is 111 Å². The lowest BCUT2D eigenvalue weighted by atomic mass is 9.46. The first-order valence-electron chi connectivity index (χ1n) is 18.8. The van der Waals surface area contributed by atoms with Gasteiger partial charge in [0.25, 0.3) is 0 Å². The van der Waals surface area contributed by atoms with Gasteiger partial charge in [-0.2, -0.15) is 0 Å². The lowest BCUT2D eigenvalue weighted by Crippen LogP contribution is -2.51. The van der Waals surface area contributed by atoms with E-state index in [0.717, 1.165) is 75.5 Å². The normalized spacial score (nSPS) is 31.7. The smallest absolute Gasteiger partial charge is 0.223 e. The van der Waals surface area contributed by atoms with Crippen LogP contribution in [0.25, 0.3) is 0 Å². The number of nitrogens with one attached hydrogen (secondary N) is 2. The van der Waals surface area contributed by atoms with Crippen molar-refractivity contribution in [1.29, 1.82) is 0 Å². The summed E-state index contributed by atoms with van der Waals surface area (Å²) in [4.78, 5) is 51.1. The number of hydrogen-bond acceptors (Lipinski definition) is 8. The number of ether oxygens (including phenoxy) is 3. The number of carbonyl (C=O) groups excluding carboxylic acids is 4. The summed E-state index contributed by atoms with van der Waals surface area (Å²) in [5.41, 5.74) is 1.54. The molecule has 6 atom stereocenters. The zero-order valence-corrected chi connectivity index (χ0v) is 30.5. The number of fused-ring (bicyclic) bond motifs is 5. The highest BCUT2D eigenvalue weighted by Crippen LogP contribution is 2.67. The lowest BCUT2D eigenvalue weighted by molar-refractivity contribution is -0.128. The molecule has 0 aliphatic heterocycles. The topological polar surface area (TPSA) is 120 Å². The van der Waals surface area contributed by atoms with Gasteiger partial charge >= 0.3 is 0 Å². The average molecular weight is 689 g/mol. The van der Waals surface area contributed by atoms with E-state index in [9.17, 15) is 19.2 Å². The van der Waals surface area contributed by atoms with Crippen LogP contribution >= 0.6 is 11.8 Å². The molecule has 0 radical (unpaired) electrons. The van der Waals surface area contributed by atoms with Gasteiger partial charge < -0.3 is 24.8 Å². The van der Waals surface area contributed by atoms with Gasteiger partial charge in [-0.05, 0) is 105 Å². The molecule has 9 nitrogen and oxygen atoms in total. The molecule has 2 amide bonds. The summed E-state index contributed by atoms with van der Waals surface area (Å²) in [6.45, 7) is 9.72. The number of thioether (sulfide) groups is 1. The van der Waals surface area contributed by atoms with E-state index in [4.69, 9.17) is 14.2 Å². The fourth-order valence-corrected chi connectivity index (χ4v) is 11.5. The Morgan fingerprint density at radius 2 is 1.56 bits per heavy atom. The molecule has 5 aliphatic rings. The molecule has 2 N–H and O–H groups in total. The molecular weight excluding hydrogens is 628 g/mol. The second-order valence-electron chi connectivity index (χ2n) is 15.5. The molecule has 0 aromatic carbocycles. The maximum atomic E-state index is 13.2. The number of allylic oxidation sites excluding steroid dienone is 1. The highest BCUT2D eigenvalue weighted by Gasteiger charge is 2.60. The van der Waals surface area contributed by atoms with E-state index >= 15 is 0 Å². The number of carbonyl (C=O) groups is 4. The summed E-state index contributed by atoms with van der Waals surface area (Å²) in [5, 5.41) is 5.82. The van der Waals surface area contributed by atoms with Gasteiger partial charge in [-0.15, -0.1) is 11.8 Å². The van der Waals surface area contributed by atoms with Gasteiger partial charge in [0.1, 0.15) is 12.5 Å². The molecule has 5 aliphatic carbocycles. The molecule has 0 aromatic rings. The molecule has 0 aromatic heterocycles. The third kappa shape index (κ3) is 8.75. The monoisotopic (exact) mass is 688 g/mol. The minimum atomic E-state index is -0.0793. The first-order valence-corrected chi connectivity index (χ1v) is 19.8. The van der Waals surface area contributed by atoms with E-state index in [1.165, 1.54) is 12.0 Å². The summed E-state index contributed by atoms with van der Waals surface area (Å²) >= 11 is 1.58. The van der Waals surface area contributed by atoms with Crippen molar-refractivity contribution < 1.29 is 33.4 Å². The van der Waals surface area contributed by atoms with Crippen LogP contribution in [-0.2, 0) is 33.4 Å². The summed E-state index contributed by atoms with van der Waals surface area (Å²) in [6.07, 6.45) is 13.6. The Morgan fingerprint density at radius 1 is 0.833 bits per heavy atom.